The third-order valence-corrected chi connectivity index (χ3v) is 2.98. The molecule has 2 atom stereocenters. The summed E-state index contributed by atoms with van der Waals surface area (Å²) in [6, 6.07) is 4.83. The quantitative estimate of drug-likeness (QED) is 0.733. The second-order valence-electron chi connectivity index (χ2n) is 6.01. The summed E-state index contributed by atoms with van der Waals surface area (Å²) in [6.07, 6.45) is -0.869. The van der Waals surface area contributed by atoms with Gasteiger partial charge in [0.2, 0.25) is 5.91 Å². The largest absolute Gasteiger partial charge is 0.491 e. The van der Waals surface area contributed by atoms with Gasteiger partial charge in [-0.2, -0.15) is 0 Å². The van der Waals surface area contributed by atoms with Gasteiger partial charge < -0.3 is 20.9 Å². The van der Waals surface area contributed by atoms with Gasteiger partial charge >= 0.3 is 0 Å². The summed E-state index contributed by atoms with van der Waals surface area (Å²) in [5.74, 6) is -0.220. The number of benzene rings is 1. The van der Waals surface area contributed by atoms with Crippen LogP contribution in [0.4, 0.5) is 4.39 Å². The zero-order valence-electron chi connectivity index (χ0n) is 12.6. The predicted octanol–water partition coefficient (Wildman–Crippen LogP) is 1.06. The van der Waals surface area contributed by atoms with Gasteiger partial charge in [0, 0.05) is 6.54 Å². The van der Waals surface area contributed by atoms with Crippen molar-refractivity contribution in [2.24, 2.45) is 11.1 Å². The van der Waals surface area contributed by atoms with E-state index < -0.39 is 12.1 Å². The fourth-order valence-electron chi connectivity index (χ4n) is 1.50. The van der Waals surface area contributed by atoms with E-state index in [1.54, 1.807) is 0 Å². The maximum atomic E-state index is 12.7. The Morgan fingerprint density at radius 3 is 2.48 bits per heavy atom. The Kier molecular flexibility index (Phi) is 6.11. The van der Waals surface area contributed by atoms with Crippen LogP contribution in [0.5, 0.6) is 5.75 Å². The van der Waals surface area contributed by atoms with Gasteiger partial charge in [-0.15, -0.1) is 0 Å². The van der Waals surface area contributed by atoms with Crippen LogP contribution in [0.25, 0.3) is 0 Å². The molecule has 0 heterocycles. The number of ether oxygens (including phenoxy) is 1. The molecule has 0 saturated carbocycles. The van der Waals surface area contributed by atoms with Crippen molar-refractivity contribution in [1.82, 2.24) is 5.32 Å². The van der Waals surface area contributed by atoms with Gasteiger partial charge in [-0.3, -0.25) is 4.79 Å². The molecule has 0 bridgehead atoms. The zero-order chi connectivity index (χ0) is 16.0. The van der Waals surface area contributed by atoms with Crippen LogP contribution in [-0.2, 0) is 4.79 Å². The van der Waals surface area contributed by atoms with Gasteiger partial charge in [0.1, 0.15) is 24.3 Å². The molecule has 0 fully saturated rings. The molecule has 0 aliphatic carbocycles. The Bertz CT molecular complexity index is 457. The van der Waals surface area contributed by atoms with Crippen molar-refractivity contribution in [3.63, 3.8) is 0 Å². The molecule has 0 radical (unpaired) electrons. The number of hydrogen-bond acceptors (Lipinski definition) is 4. The fourth-order valence-corrected chi connectivity index (χ4v) is 1.50. The topological polar surface area (TPSA) is 84.6 Å². The Morgan fingerprint density at radius 1 is 1.38 bits per heavy atom. The molecule has 0 spiro atoms. The Balaban J connectivity index is 2.32. The number of halogens is 1. The van der Waals surface area contributed by atoms with Crippen LogP contribution in [0.2, 0.25) is 0 Å². The third-order valence-electron chi connectivity index (χ3n) is 2.98. The maximum absolute atomic E-state index is 12.7. The average molecular weight is 298 g/mol. The van der Waals surface area contributed by atoms with Crippen molar-refractivity contribution in [2.75, 3.05) is 13.2 Å². The van der Waals surface area contributed by atoms with Crippen LogP contribution >= 0.6 is 0 Å². The van der Waals surface area contributed by atoms with E-state index in [9.17, 15) is 14.3 Å². The highest BCUT2D eigenvalue weighted by Crippen LogP contribution is 2.17. The first-order valence-corrected chi connectivity index (χ1v) is 6.80. The molecule has 118 valence electrons. The molecule has 0 saturated heterocycles. The minimum Gasteiger partial charge on any atom is -0.491 e. The molecule has 5 nitrogen and oxygen atoms in total. The number of carbonyl (C=O) groups excluding carboxylic acids is 1. The Hall–Kier alpha value is -1.66. The van der Waals surface area contributed by atoms with Gasteiger partial charge in [0.15, 0.2) is 0 Å². The van der Waals surface area contributed by atoms with Gasteiger partial charge in [0.05, 0.1) is 6.04 Å². The van der Waals surface area contributed by atoms with E-state index in [-0.39, 0.29) is 30.3 Å². The number of carbonyl (C=O) groups is 1. The minimum atomic E-state index is -0.869. The number of rotatable bonds is 6. The lowest BCUT2D eigenvalue weighted by Gasteiger charge is -2.26. The SMILES string of the molecule is CC(C)(C)[C@H](N)C(=O)NCC(O)COc1ccc(F)cc1. The molecule has 21 heavy (non-hydrogen) atoms. The highest BCUT2D eigenvalue weighted by Gasteiger charge is 2.27. The number of nitrogens with one attached hydrogen (secondary N) is 1. The standard InChI is InChI=1S/C15H23FN2O3/c1-15(2,3)13(17)14(20)18-8-11(19)9-21-12-6-4-10(16)5-7-12/h4-7,11,13,19H,8-9,17H2,1-3H3,(H,18,20)/t11?,13-/m1/s1. The number of amides is 1. The van der Waals surface area contributed by atoms with Crippen LogP contribution in [0.15, 0.2) is 24.3 Å². The molecular formula is C15H23FN2O3. The smallest absolute Gasteiger partial charge is 0.237 e. The van der Waals surface area contributed by atoms with Gasteiger partial charge in [0.25, 0.3) is 0 Å². The van der Waals surface area contributed by atoms with Crippen molar-refractivity contribution in [1.29, 1.82) is 0 Å². The minimum absolute atomic E-state index is 0.00331. The van der Waals surface area contributed by atoms with Crippen LogP contribution < -0.4 is 15.8 Å². The highest BCUT2D eigenvalue weighted by atomic mass is 19.1. The Labute approximate surface area is 124 Å². The van der Waals surface area contributed by atoms with E-state index in [0.717, 1.165) is 0 Å². The fraction of sp³-hybridized carbons (Fsp3) is 0.533. The predicted molar refractivity (Wildman–Crippen MR) is 78.3 cm³/mol. The van der Waals surface area contributed by atoms with E-state index in [4.69, 9.17) is 10.5 Å². The Morgan fingerprint density at radius 2 is 1.95 bits per heavy atom. The molecule has 0 aromatic heterocycles. The molecule has 1 amide bonds. The normalized spacial score (nSPS) is 14.4. The molecule has 1 rings (SSSR count). The number of nitrogens with two attached hydrogens (primary N) is 1. The molecule has 1 unspecified atom stereocenters. The number of hydrogen-bond donors (Lipinski definition) is 3. The van der Waals surface area contributed by atoms with Crippen molar-refractivity contribution in [3.05, 3.63) is 30.1 Å². The summed E-state index contributed by atoms with van der Waals surface area (Å²) >= 11 is 0. The van der Waals surface area contributed by atoms with Gasteiger partial charge in [-0.1, -0.05) is 20.8 Å². The number of aliphatic hydroxyl groups excluding tert-OH is 1. The van der Waals surface area contributed by atoms with E-state index in [0.29, 0.717) is 5.75 Å². The van der Waals surface area contributed by atoms with Crippen LogP contribution in [0.1, 0.15) is 20.8 Å². The lowest BCUT2D eigenvalue weighted by atomic mass is 9.87. The third kappa shape index (κ3) is 6.10. The highest BCUT2D eigenvalue weighted by molar-refractivity contribution is 5.82. The lowest BCUT2D eigenvalue weighted by Crippen LogP contribution is -2.50. The van der Waals surface area contributed by atoms with Gasteiger partial charge in [-0.05, 0) is 29.7 Å². The molecule has 6 heteroatoms. The summed E-state index contributed by atoms with van der Waals surface area (Å²) < 4.78 is 18.0. The van der Waals surface area contributed by atoms with Crippen molar-refractivity contribution < 1.29 is 19.0 Å². The molecular weight excluding hydrogens is 275 g/mol. The first kappa shape index (κ1) is 17.4. The summed E-state index contributed by atoms with van der Waals surface area (Å²) in [7, 11) is 0. The molecule has 4 N–H and O–H groups in total. The molecule has 0 aliphatic rings. The summed E-state index contributed by atoms with van der Waals surface area (Å²) in [4.78, 5) is 11.8. The maximum Gasteiger partial charge on any atom is 0.237 e. The van der Waals surface area contributed by atoms with E-state index in [1.165, 1.54) is 24.3 Å². The molecule has 1 aromatic rings. The summed E-state index contributed by atoms with van der Waals surface area (Å²) in [5, 5.41) is 12.3. The molecule has 1 aromatic carbocycles. The van der Waals surface area contributed by atoms with E-state index >= 15 is 0 Å². The van der Waals surface area contributed by atoms with Gasteiger partial charge in [-0.25, -0.2) is 4.39 Å². The van der Waals surface area contributed by atoms with Crippen LogP contribution in [0, 0.1) is 11.2 Å². The van der Waals surface area contributed by atoms with Crippen molar-refractivity contribution >= 4 is 5.91 Å². The molecule has 0 aliphatic heterocycles. The van der Waals surface area contributed by atoms with Crippen LogP contribution in [-0.4, -0.2) is 36.3 Å². The zero-order valence-corrected chi connectivity index (χ0v) is 12.6. The monoisotopic (exact) mass is 298 g/mol. The first-order chi connectivity index (χ1) is 9.70. The average Bonchev–Trinajstić information content (AvgIpc) is 2.42. The van der Waals surface area contributed by atoms with Crippen molar-refractivity contribution in [3.8, 4) is 5.75 Å². The second-order valence-corrected chi connectivity index (χ2v) is 6.01. The first-order valence-electron chi connectivity index (χ1n) is 6.80. The lowest BCUT2D eigenvalue weighted by molar-refractivity contribution is -0.125. The second kappa shape index (κ2) is 7.38. The van der Waals surface area contributed by atoms with Crippen molar-refractivity contribution in [2.45, 2.75) is 32.9 Å². The summed E-state index contributed by atoms with van der Waals surface area (Å²) in [5.41, 5.74) is 5.45. The summed E-state index contributed by atoms with van der Waals surface area (Å²) in [6.45, 7) is 5.64. The number of aliphatic hydroxyl groups is 1. The van der Waals surface area contributed by atoms with E-state index in [1.807, 2.05) is 20.8 Å². The van der Waals surface area contributed by atoms with E-state index in [2.05, 4.69) is 5.32 Å². The van der Waals surface area contributed by atoms with Crippen LogP contribution in [0.3, 0.4) is 0 Å².